The van der Waals surface area contributed by atoms with Crippen LogP contribution in [0.25, 0.3) is 0 Å². The lowest BCUT2D eigenvalue weighted by Crippen LogP contribution is -2.41. The first-order valence-electron chi connectivity index (χ1n) is 6.38. The van der Waals surface area contributed by atoms with Crippen LogP contribution in [0.15, 0.2) is 24.3 Å². The number of likely N-dealkylation sites (tertiary alicyclic amines) is 1. The van der Waals surface area contributed by atoms with Crippen LogP contribution in [0.3, 0.4) is 0 Å². The molecular formula is C15H21N. The highest BCUT2D eigenvalue weighted by molar-refractivity contribution is 5.43. The smallest absolute Gasteiger partial charge is 0.00208 e. The summed E-state index contributed by atoms with van der Waals surface area (Å²) in [5.41, 5.74) is 3.58. The Labute approximate surface area is 98.5 Å². The zero-order valence-corrected chi connectivity index (χ0v) is 10.5. The van der Waals surface area contributed by atoms with Gasteiger partial charge in [0.25, 0.3) is 0 Å². The Kier molecular flexibility index (Phi) is 2.16. The first kappa shape index (κ1) is 10.3. The van der Waals surface area contributed by atoms with Crippen LogP contribution in [0.2, 0.25) is 0 Å². The standard InChI is InChI=1S/C15H21N/c1-15(2)13-7-5-4-6-11(13)12-8-9-16(3)10-14(12)15/h4-7,12,14H,8-10H2,1-3H3. The van der Waals surface area contributed by atoms with Gasteiger partial charge in [-0.3, -0.25) is 0 Å². The second kappa shape index (κ2) is 3.33. The van der Waals surface area contributed by atoms with Gasteiger partial charge in [0.05, 0.1) is 0 Å². The van der Waals surface area contributed by atoms with E-state index in [-0.39, 0.29) is 0 Å². The molecule has 0 radical (unpaired) electrons. The quantitative estimate of drug-likeness (QED) is 0.643. The molecule has 1 heterocycles. The number of fused-ring (bicyclic) bond motifs is 3. The normalized spacial score (nSPS) is 32.2. The van der Waals surface area contributed by atoms with E-state index in [0.29, 0.717) is 5.41 Å². The van der Waals surface area contributed by atoms with E-state index in [1.54, 1.807) is 11.1 Å². The van der Waals surface area contributed by atoms with Crippen molar-refractivity contribution in [2.45, 2.75) is 31.6 Å². The molecule has 1 saturated heterocycles. The zero-order chi connectivity index (χ0) is 11.3. The lowest BCUT2D eigenvalue weighted by atomic mass is 9.73. The minimum atomic E-state index is 0.357. The van der Waals surface area contributed by atoms with E-state index in [9.17, 15) is 0 Å². The Bertz CT molecular complexity index is 408. The third-order valence-electron chi connectivity index (χ3n) is 4.80. The summed E-state index contributed by atoms with van der Waals surface area (Å²) in [6.07, 6.45) is 1.33. The number of hydrogen-bond acceptors (Lipinski definition) is 1. The van der Waals surface area contributed by atoms with E-state index in [4.69, 9.17) is 0 Å². The van der Waals surface area contributed by atoms with Crippen LogP contribution in [0, 0.1) is 5.92 Å². The van der Waals surface area contributed by atoms with Crippen LogP contribution < -0.4 is 0 Å². The Hall–Kier alpha value is -0.820. The number of benzene rings is 1. The average Bonchev–Trinajstić information content (AvgIpc) is 2.49. The Morgan fingerprint density at radius 3 is 2.81 bits per heavy atom. The van der Waals surface area contributed by atoms with Gasteiger partial charge in [0, 0.05) is 6.54 Å². The Morgan fingerprint density at radius 1 is 1.25 bits per heavy atom. The molecule has 0 amide bonds. The van der Waals surface area contributed by atoms with Gasteiger partial charge in [-0.15, -0.1) is 0 Å². The molecule has 1 heteroatoms. The minimum Gasteiger partial charge on any atom is -0.306 e. The molecule has 0 spiro atoms. The first-order valence-corrected chi connectivity index (χ1v) is 6.38. The van der Waals surface area contributed by atoms with Gasteiger partial charge < -0.3 is 4.90 Å². The fraction of sp³-hybridized carbons (Fsp3) is 0.600. The monoisotopic (exact) mass is 215 g/mol. The van der Waals surface area contributed by atoms with Gasteiger partial charge in [-0.1, -0.05) is 38.1 Å². The molecule has 2 aliphatic rings. The van der Waals surface area contributed by atoms with E-state index in [1.807, 2.05) is 0 Å². The Morgan fingerprint density at radius 2 is 2.00 bits per heavy atom. The fourth-order valence-electron chi connectivity index (χ4n) is 3.83. The third-order valence-corrected chi connectivity index (χ3v) is 4.80. The summed E-state index contributed by atoms with van der Waals surface area (Å²) in [6, 6.07) is 9.10. The summed E-state index contributed by atoms with van der Waals surface area (Å²) in [5.74, 6) is 1.62. The van der Waals surface area contributed by atoms with Crippen LogP contribution in [-0.4, -0.2) is 25.0 Å². The number of rotatable bonds is 0. The third kappa shape index (κ3) is 1.27. The average molecular weight is 215 g/mol. The van der Waals surface area contributed by atoms with E-state index in [0.717, 1.165) is 11.8 Å². The number of nitrogens with zero attached hydrogens (tertiary/aromatic N) is 1. The molecule has 0 bridgehead atoms. The molecule has 1 nitrogen and oxygen atoms in total. The van der Waals surface area contributed by atoms with Gasteiger partial charge in [-0.05, 0) is 48.4 Å². The van der Waals surface area contributed by atoms with Crippen molar-refractivity contribution in [3.8, 4) is 0 Å². The zero-order valence-electron chi connectivity index (χ0n) is 10.5. The van der Waals surface area contributed by atoms with Crippen molar-refractivity contribution in [3.63, 3.8) is 0 Å². The SMILES string of the molecule is CN1CCC2c3ccccc3C(C)(C)C2C1. The van der Waals surface area contributed by atoms with Crippen LogP contribution in [0.1, 0.15) is 37.3 Å². The van der Waals surface area contributed by atoms with Crippen LogP contribution in [-0.2, 0) is 5.41 Å². The predicted octanol–water partition coefficient (Wildman–Crippen LogP) is 3.01. The summed E-state index contributed by atoms with van der Waals surface area (Å²) in [4.78, 5) is 2.49. The van der Waals surface area contributed by atoms with Gasteiger partial charge in [0.2, 0.25) is 0 Å². The summed E-state index contributed by atoms with van der Waals surface area (Å²) in [7, 11) is 2.26. The molecule has 1 aliphatic carbocycles. The maximum atomic E-state index is 2.49. The molecule has 16 heavy (non-hydrogen) atoms. The highest BCUT2D eigenvalue weighted by Crippen LogP contribution is 2.53. The second-order valence-corrected chi connectivity index (χ2v) is 6.07. The first-order chi connectivity index (χ1) is 7.60. The highest BCUT2D eigenvalue weighted by atomic mass is 15.1. The van der Waals surface area contributed by atoms with Gasteiger partial charge in [0.15, 0.2) is 0 Å². The number of hydrogen-bond donors (Lipinski definition) is 0. The maximum absolute atomic E-state index is 2.49. The van der Waals surface area contributed by atoms with Crippen molar-refractivity contribution >= 4 is 0 Å². The van der Waals surface area contributed by atoms with Gasteiger partial charge in [-0.2, -0.15) is 0 Å². The molecular weight excluding hydrogens is 194 g/mol. The molecule has 1 fully saturated rings. The van der Waals surface area contributed by atoms with Gasteiger partial charge >= 0.3 is 0 Å². The Balaban J connectivity index is 2.08. The van der Waals surface area contributed by atoms with Crippen molar-refractivity contribution in [1.82, 2.24) is 4.90 Å². The largest absolute Gasteiger partial charge is 0.306 e. The van der Waals surface area contributed by atoms with Crippen LogP contribution >= 0.6 is 0 Å². The highest BCUT2D eigenvalue weighted by Gasteiger charge is 2.47. The van der Waals surface area contributed by atoms with Crippen molar-refractivity contribution in [2.24, 2.45) is 5.92 Å². The van der Waals surface area contributed by atoms with Gasteiger partial charge in [0.1, 0.15) is 0 Å². The molecule has 0 N–H and O–H groups in total. The summed E-state index contributed by atoms with van der Waals surface area (Å²) in [5, 5.41) is 0. The molecule has 2 atom stereocenters. The van der Waals surface area contributed by atoms with Crippen molar-refractivity contribution in [1.29, 1.82) is 0 Å². The van der Waals surface area contributed by atoms with E-state index < -0.39 is 0 Å². The minimum absolute atomic E-state index is 0.357. The van der Waals surface area contributed by atoms with Crippen molar-refractivity contribution < 1.29 is 0 Å². The maximum Gasteiger partial charge on any atom is 0.00208 e. The van der Waals surface area contributed by atoms with Crippen molar-refractivity contribution in [3.05, 3.63) is 35.4 Å². The summed E-state index contributed by atoms with van der Waals surface area (Å²) in [6.45, 7) is 7.36. The predicted molar refractivity (Wildman–Crippen MR) is 67.8 cm³/mol. The molecule has 1 aliphatic heterocycles. The van der Waals surface area contributed by atoms with Gasteiger partial charge in [-0.25, -0.2) is 0 Å². The molecule has 2 unspecified atom stereocenters. The molecule has 0 saturated carbocycles. The lowest BCUT2D eigenvalue weighted by Gasteiger charge is -2.39. The van der Waals surface area contributed by atoms with E-state index in [1.165, 1.54) is 19.5 Å². The van der Waals surface area contributed by atoms with Crippen LogP contribution in [0.4, 0.5) is 0 Å². The molecule has 1 aromatic rings. The van der Waals surface area contributed by atoms with Crippen LogP contribution in [0.5, 0.6) is 0 Å². The topological polar surface area (TPSA) is 3.24 Å². The number of piperidine rings is 1. The molecule has 1 aromatic carbocycles. The van der Waals surface area contributed by atoms with Crippen molar-refractivity contribution in [2.75, 3.05) is 20.1 Å². The summed E-state index contributed by atoms with van der Waals surface area (Å²) < 4.78 is 0. The molecule has 86 valence electrons. The lowest BCUT2D eigenvalue weighted by molar-refractivity contribution is 0.146. The van der Waals surface area contributed by atoms with E-state index in [2.05, 4.69) is 50.1 Å². The second-order valence-electron chi connectivity index (χ2n) is 6.07. The van der Waals surface area contributed by atoms with E-state index >= 15 is 0 Å². The molecule has 3 rings (SSSR count). The summed E-state index contributed by atoms with van der Waals surface area (Å²) >= 11 is 0. The molecule has 0 aromatic heterocycles. The fourth-order valence-corrected chi connectivity index (χ4v) is 3.83.